The molecule has 3 saturated heterocycles. The first-order valence-corrected chi connectivity index (χ1v) is 12.2. The van der Waals surface area contributed by atoms with E-state index in [1.165, 1.54) is 6.07 Å². The van der Waals surface area contributed by atoms with E-state index in [4.69, 9.17) is 4.74 Å². The van der Waals surface area contributed by atoms with Crippen LogP contribution in [0.5, 0.6) is 6.01 Å². The van der Waals surface area contributed by atoms with Gasteiger partial charge in [0.1, 0.15) is 28.6 Å². The lowest BCUT2D eigenvalue weighted by atomic mass is 9.95. The molecule has 3 fully saturated rings. The molecule has 1 unspecified atom stereocenters. The third-order valence-corrected chi connectivity index (χ3v) is 7.97. The van der Waals surface area contributed by atoms with Gasteiger partial charge in [-0.25, -0.2) is 8.78 Å². The second kappa shape index (κ2) is 8.49. The quantitative estimate of drug-likeness (QED) is 0.450. The van der Waals surface area contributed by atoms with Crippen molar-refractivity contribution in [2.45, 2.75) is 56.3 Å². The SMILES string of the molecule is CC1(O)CCCN(c2nc(OC[C@@]34CCCN3C[C@H](F)C4)nc3c(F)c(Br)c([N+](=O)[O-])cc23)C1. The van der Waals surface area contributed by atoms with E-state index in [-0.39, 0.29) is 40.4 Å². The number of hydrogen-bond acceptors (Lipinski definition) is 8. The average molecular weight is 542 g/mol. The largest absolute Gasteiger partial charge is 0.461 e. The van der Waals surface area contributed by atoms with E-state index < -0.39 is 33.7 Å². The maximum atomic E-state index is 15.3. The van der Waals surface area contributed by atoms with Crippen molar-refractivity contribution in [1.82, 2.24) is 14.9 Å². The Hall–Kier alpha value is -2.18. The monoisotopic (exact) mass is 541 g/mol. The van der Waals surface area contributed by atoms with Crippen LogP contribution < -0.4 is 9.64 Å². The predicted molar refractivity (Wildman–Crippen MR) is 124 cm³/mol. The van der Waals surface area contributed by atoms with Crippen molar-refractivity contribution in [3.8, 4) is 6.01 Å². The molecule has 1 aromatic heterocycles. The number of halogens is 3. The average Bonchev–Trinajstić information content (AvgIpc) is 3.29. The molecule has 3 atom stereocenters. The molecule has 3 aliphatic heterocycles. The van der Waals surface area contributed by atoms with Gasteiger partial charge in [0, 0.05) is 32.1 Å². The molecule has 1 aromatic carbocycles. The maximum absolute atomic E-state index is 15.3. The third kappa shape index (κ3) is 4.09. The van der Waals surface area contributed by atoms with Crippen molar-refractivity contribution in [1.29, 1.82) is 0 Å². The van der Waals surface area contributed by atoms with Crippen LogP contribution in [0.15, 0.2) is 10.5 Å². The van der Waals surface area contributed by atoms with Crippen molar-refractivity contribution in [2.75, 3.05) is 37.7 Å². The Bertz CT molecular complexity index is 1150. The summed E-state index contributed by atoms with van der Waals surface area (Å²) in [6.07, 6.45) is 2.48. The van der Waals surface area contributed by atoms with E-state index in [0.717, 1.165) is 19.4 Å². The van der Waals surface area contributed by atoms with Crippen LogP contribution >= 0.6 is 15.9 Å². The summed E-state index contributed by atoms with van der Waals surface area (Å²) in [6, 6.07) is 1.17. The second-order valence-corrected chi connectivity index (χ2v) is 10.7. The molecular formula is C22H26BrF2N5O4. The topological polar surface area (TPSA) is 105 Å². The number of piperidine rings is 1. The van der Waals surface area contributed by atoms with Crippen LogP contribution in [-0.4, -0.2) is 75.0 Å². The fraction of sp³-hybridized carbons (Fsp3) is 0.636. The summed E-state index contributed by atoms with van der Waals surface area (Å²) in [6.45, 7) is 3.83. The van der Waals surface area contributed by atoms with Crippen molar-refractivity contribution in [3.63, 3.8) is 0 Å². The molecule has 0 amide bonds. The Morgan fingerprint density at radius 2 is 2.12 bits per heavy atom. The molecule has 0 aliphatic carbocycles. The number of benzene rings is 1. The number of β-amino-alcohol motifs (C(OH)–C–C–N with tert-alkyl or cyclic N) is 1. The van der Waals surface area contributed by atoms with Gasteiger partial charge in [-0.2, -0.15) is 9.97 Å². The number of nitro benzene ring substituents is 1. The van der Waals surface area contributed by atoms with E-state index in [0.29, 0.717) is 32.4 Å². The van der Waals surface area contributed by atoms with E-state index in [1.54, 1.807) is 11.8 Å². The molecule has 0 radical (unpaired) electrons. The van der Waals surface area contributed by atoms with Gasteiger partial charge in [-0.05, 0) is 55.1 Å². The molecule has 0 saturated carbocycles. The summed E-state index contributed by atoms with van der Waals surface area (Å²) in [5, 5.41) is 22.3. The van der Waals surface area contributed by atoms with Crippen LogP contribution in [0.1, 0.15) is 39.0 Å². The Labute approximate surface area is 203 Å². The Balaban J connectivity index is 1.57. The van der Waals surface area contributed by atoms with Crippen molar-refractivity contribution < 1.29 is 23.5 Å². The van der Waals surface area contributed by atoms with Crippen LogP contribution in [0.25, 0.3) is 10.9 Å². The summed E-state index contributed by atoms with van der Waals surface area (Å²) >= 11 is 2.98. The third-order valence-electron chi connectivity index (χ3n) is 7.21. The molecule has 4 heterocycles. The Morgan fingerprint density at radius 3 is 2.85 bits per heavy atom. The fourth-order valence-electron chi connectivity index (χ4n) is 5.64. The van der Waals surface area contributed by atoms with Crippen LogP contribution in [0.4, 0.5) is 20.3 Å². The lowest BCUT2D eigenvalue weighted by Crippen LogP contribution is -2.46. The highest BCUT2D eigenvalue weighted by Gasteiger charge is 2.49. The van der Waals surface area contributed by atoms with E-state index in [1.807, 2.05) is 0 Å². The summed E-state index contributed by atoms with van der Waals surface area (Å²) < 4.78 is 35.1. The zero-order valence-corrected chi connectivity index (χ0v) is 20.4. The molecule has 9 nitrogen and oxygen atoms in total. The first-order chi connectivity index (χ1) is 16.1. The molecule has 184 valence electrons. The van der Waals surface area contributed by atoms with Gasteiger partial charge >= 0.3 is 6.01 Å². The molecule has 3 aliphatic rings. The Kier molecular flexibility index (Phi) is 5.88. The first kappa shape index (κ1) is 23.6. The van der Waals surface area contributed by atoms with Gasteiger partial charge in [-0.1, -0.05) is 0 Å². The zero-order chi connectivity index (χ0) is 24.3. The van der Waals surface area contributed by atoms with Gasteiger partial charge in [0.25, 0.3) is 5.69 Å². The molecule has 12 heteroatoms. The molecule has 2 aromatic rings. The van der Waals surface area contributed by atoms with Gasteiger partial charge < -0.3 is 14.7 Å². The molecule has 34 heavy (non-hydrogen) atoms. The summed E-state index contributed by atoms with van der Waals surface area (Å²) in [4.78, 5) is 23.5. The number of anilines is 1. The lowest BCUT2D eigenvalue weighted by Gasteiger charge is -2.38. The molecule has 0 bridgehead atoms. The fourth-order valence-corrected chi connectivity index (χ4v) is 6.09. The number of hydrogen-bond donors (Lipinski definition) is 1. The number of aliphatic hydroxyl groups is 1. The number of fused-ring (bicyclic) bond motifs is 2. The first-order valence-electron chi connectivity index (χ1n) is 11.4. The maximum Gasteiger partial charge on any atom is 0.319 e. The van der Waals surface area contributed by atoms with Crippen LogP contribution in [0.2, 0.25) is 0 Å². The van der Waals surface area contributed by atoms with Crippen molar-refractivity contribution >= 4 is 38.3 Å². The highest BCUT2D eigenvalue weighted by molar-refractivity contribution is 9.10. The number of aromatic nitrogens is 2. The number of nitrogens with zero attached hydrogens (tertiary/aromatic N) is 5. The van der Waals surface area contributed by atoms with Crippen molar-refractivity contribution in [3.05, 3.63) is 26.5 Å². The molecular weight excluding hydrogens is 516 g/mol. The predicted octanol–water partition coefficient (Wildman–Crippen LogP) is 3.75. The lowest BCUT2D eigenvalue weighted by molar-refractivity contribution is -0.385. The van der Waals surface area contributed by atoms with Crippen molar-refractivity contribution in [2.24, 2.45) is 0 Å². The highest BCUT2D eigenvalue weighted by atomic mass is 79.9. The summed E-state index contributed by atoms with van der Waals surface area (Å²) in [5.41, 5.74) is -1.97. The van der Waals surface area contributed by atoms with Gasteiger partial charge in [-0.15, -0.1) is 0 Å². The minimum atomic E-state index is -0.986. The Morgan fingerprint density at radius 1 is 1.35 bits per heavy atom. The number of nitro groups is 1. The number of rotatable bonds is 5. The van der Waals surface area contributed by atoms with E-state index in [9.17, 15) is 19.6 Å². The minimum Gasteiger partial charge on any atom is -0.461 e. The van der Waals surface area contributed by atoms with E-state index >= 15 is 4.39 Å². The summed E-state index contributed by atoms with van der Waals surface area (Å²) in [5.74, 6) is -0.614. The highest BCUT2D eigenvalue weighted by Crippen LogP contribution is 2.42. The smallest absolute Gasteiger partial charge is 0.319 e. The minimum absolute atomic E-state index is 0.0732. The standard InChI is InChI=1S/C22H26BrF2N5O4/c1-21(31)4-2-6-28(11-21)19-14-8-15(30(32)33)16(23)17(25)18(14)26-20(27-19)34-12-22-5-3-7-29(22)10-13(24)9-22/h8,13,31H,2-7,9-12H2,1H3/t13-,21?,22+/m1/s1. The van der Waals surface area contributed by atoms with Crippen LogP contribution in [0, 0.1) is 15.9 Å². The number of alkyl halides is 1. The summed E-state index contributed by atoms with van der Waals surface area (Å²) in [7, 11) is 0. The van der Waals surface area contributed by atoms with Gasteiger partial charge in [0.05, 0.1) is 21.4 Å². The van der Waals surface area contributed by atoms with Crippen LogP contribution in [0.3, 0.4) is 0 Å². The van der Waals surface area contributed by atoms with Gasteiger partial charge in [-0.3, -0.25) is 15.0 Å². The second-order valence-electron chi connectivity index (χ2n) is 9.89. The van der Waals surface area contributed by atoms with Crippen LogP contribution in [-0.2, 0) is 0 Å². The number of ether oxygens (including phenoxy) is 1. The van der Waals surface area contributed by atoms with Gasteiger partial charge in [0.15, 0.2) is 5.82 Å². The normalized spacial score (nSPS) is 29.6. The zero-order valence-electron chi connectivity index (χ0n) is 18.8. The molecule has 0 spiro atoms. The van der Waals surface area contributed by atoms with Gasteiger partial charge in [0.2, 0.25) is 0 Å². The van der Waals surface area contributed by atoms with E-state index in [2.05, 4.69) is 30.8 Å². The molecule has 1 N–H and O–H groups in total. The molecule has 5 rings (SSSR count).